The molecule has 4 N–H and O–H groups in total. The third-order valence-electron chi connectivity index (χ3n) is 2.79. The maximum Gasteiger partial charge on any atom is 0.330 e. The summed E-state index contributed by atoms with van der Waals surface area (Å²) in [6.45, 7) is -0.216. The second-order valence-corrected chi connectivity index (χ2v) is 4.46. The summed E-state index contributed by atoms with van der Waals surface area (Å²) in [6, 6.07) is 15.2. The van der Waals surface area contributed by atoms with Crippen LogP contribution in [0, 0.1) is 5.41 Å². The number of hydrogen-bond acceptors (Lipinski definition) is 4. The van der Waals surface area contributed by atoms with Crippen molar-refractivity contribution >= 4 is 17.7 Å². The van der Waals surface area contributed by atoms with Crippen LogP contribution < -0.4 is 15.8 Å². The summed E-state index contributed by atoms with van der Waals surface area (Å²) in [7, 11) is 0. The molecule has 0 atom stereocenters. The van der Waals surface area contributed by atoms with Gasteiger partial charge in [-0.05, 0) is 12.1 Å². The van der Waals surface area contributed by atoms with E-state index in [4.69, 9.17) is 15.9 Å². The Balaban J connectivity index is 2.08. The number of carbonyl (C=O) groups excluding carboxylic acids is 2. The highest BCUT2D eigenvalue weighted by Crippen LogP contribution is 2.16. The Hall–Kier alpha value is -3.15. The molecule has 0 amide bonds. The molecule has 6 heteroatoms. The van der Waals surface area contributed by atoms with Gasteiger partial charge in [-0.25, -0.2) is 4.79 Å². The van der Waals surface area contributed by atoms with E-state index < -0.39 is 5.97 Å². The predicted molar refractivity (Wildman–Crippen MR) is 81.9 cm³/mol. The van der Waals surface area contributed by atoms with E-state index >= 15 is 0 Å². The maximum atomic E-state index is 12.3. The van der Waals surface area contributed by atoms with E-state index in [1.165, 1.54) is 6.07 Å². The van der Waals surface area contributed by atoms with Crippen molar-refractivity contribution in [1.29, 1.82) is 5.41 Å². The quantitative estimate of drug-likeness (QED) is 0.254. The van der Waals surface area contributed by atoms with Crippen molar-refractivity contribution in [2.24, 2.45) is 5.73 Å². The fourth-order valence-corrected chi connectivity index (χ4v) is 1.79. The van der Waals surface area contributed by atoms with Crippen molar-refractivity contribution in [3.05, 3.63) is 65.7 Å². The summed E-state index contributed by atoms with van der Waals surface area (Å²) < 4.78 is 5.09. The summed E-state index contributed by atoms with van der Waals surface area (Å²) in [5.41, 5.74) is 6.07. The largest absolute Gasteiger partial charge is 0.425 e. The van der Waals surface area contributed by atoms with E-state index in [9.17, 15) is 9.59 Å². The molecule has 0 saturated heterocycles. The van der Waals surface area contributed by atoms with Gasteiger partial charge in [-0.1, -0.05) is 42.5 Å². The number of hydrogen-bond donors (Lipinski definition) is 3. The highest BCUT2D eigenvalue weighted by molar-refractivity contribution is 6.09. The lowest BCUT2D eigenvalue weighted by molar-refractivity contribution is -0.133. The van der Waals surface area contributed by atoms with Gasteiger partial charge in [-0.15, -0.1) is 0 Å². The third-order valence-corrected chi connectivity index (χ3v) is 2.79. The van der Waals surface area contributed by atoms with Crippen molar-refractivity contribution < 1.29 is 14.3 Å². The Morgan fingerprint density at radius 2 is 1.73 bits per heavy atom. The first-order chi connectivity index (χ1) is 10.6. The van der Waals surface area contributed by atoms with Crippen LogP contribution in [0.25, 0.3) is 0 Å². The van der Waals surface area contributed by atoms with Gasteiger partial charge in [0.15, 0.2) is 11.7 Å². The van der Waals surface area contributed by atoms with E-state index in [0.29, 0.717) is 11.1 Å². The summed E-state index contributed by atoms with van der Waals surface area (Å²) in [4.78, 5) is 23.8. The van der Waals surface area contributed by atoms with Crippen molar-refractivity contribution in [1.82, 2.24) is 5.32 Å². The summed E-state index contributed by atoms with van der Waals surface area (Å²) >= 11 is 0. The Labute approximate surface area is 127 Å². The predicted octanol–water partition coefficient (Wildman–Crippen LogP) is 1.31. The minimum Gasteiger partial charge on any atom is -0.425 e. The van der Waals surface area contributed by atoms with E-state index in [2.05, 4.69) is 5.32 Å². The second kappa shape index (κ2) is 7.03. The van der Waals surface area contributed by atoms with Crippen LogP contribution in [0.4, 0.5) is 0 Å². The van der Waals surface area contributed by atoms with Crippen LogP contribution >= 0.6 is 0 Å². The van der Waals surface area contributed by atoms with Gasteiger partial charge in [0.05, 0.1) is 0 Å². The molecular formula is C16H15N3O3. The fourth-order valence-electron chi connectivity index (χ4n) is 1.79. The molecule has 112 valence electrons. The van der Waals surface area contributed by atoms with Gasteiger partial charge in [0, 0.05) is 11.1 Å². The number of ether oxygens (including phenoxy) is 1. The third kappa shape index (κ3) is 4.17. The van der Waals surface area contributed by atoms with E-state index in [1.807, 2.05) is 6.07 Å². The molecule has 0 radical (unpaired) electrons. The molecule has 0 bridgehead atoms. The summed E-state index contributed by atoms with van der Waals surface area (Å²) in [5, 5.41) is 9.32. The summed E-state index contributed by atoms with van der Waals surface area (Å²) in [6.07, 6.45) is 0. The zero-order valence-corrected chi connectivity index (χ0v) is 11.7. The Morgan fingerprint density at radius 1 is 1.05 bits per heavy atom. The minimum atomic E-state index is -0.598. The first-order valence-corrected chi connectivity index (χ1v) is 6.54. The van der Waals surface area contributed by atoms with Crippen LogP contribution in [0.15, 0.2) is 54.6 Å². The molecule has 0 spiro atoms. The molecule has 22 heavy (non-hydrogen) atoms. The lowest BCUT2D eigenvalue weighted by Gasteiger charge is -2.07. The van der Waals surface area contributed by atoms with Crippen LogP contribution in [0.1, 0.15) is 15.9 Å². The molecule has 6 nitrogen and oxygen atoms in total. The zero-order valence-electron chi connectivity index (χ0n) is 11.7. The molecule has 0 aliphatic heterocycles. The Kier molecular flexibility index (Phi) is 4.87. The highest BCUT2D eigenvalue weighted by atomic mass is 16.5. The van der Waals surface area contributed by atoms with Crippen LogP contribution in [0.3, 0.4) is 0 Å². The molecule has 0 unspecified atom stereocenters. The second-order valence-electron chi connectivity index (χ2n) is 4.46. The fraction of sp³-hybridized carbons (Fsp3) is 0.0625. The van der Waals surface area contributed by atoms with Crippen molar-refractivity contribution in [2.75, 3.05) is 6.54 Å². The van der Waals surface area contributed by atoms with E-state index in [0.717, 1.165) is 0 Å². The molecule has 0 saturated carbocycles. The number of benzene rings is 2. The SMILES string of the molecule is N=C(N)NCC(=O)Oc1cccc(C(=O)c2ccccc2)c1. The molecule has 0 heterocycles. The number of guanidine groups is 1. The standard InChI is InChI=1S/C16H15N3O3/c17-16(18)19-10-14(20)22-13-8-4-7-12(9-13)15(21)11-5-2-1-3-6-11/h1-9H,10H2,(H4,17,18,19). The molecule has 2 aromatic rings. The minimum absolute atomic E-state index is 0.152. The van der Waals surface area contributed by atoms with Crippen LogP contribution in [0.2, 0.25) is 0 Å². The maximum absolute atomic E-state index is 12.3. The number of nitrogens with two attached hydrogens (primary N) is 1. The summed E-state index contributed by atoms with van der Waals surface area (Å²) in [5.74, 6) is -0.804. The van der Waals surface area contributed by atoms with Gasteiger partial charge in [0.1, 0.15) is 12.3 Å². The van der Waals surface area contributed by atoms with E-state index in [1.54, 1.807) is 42.5 Å². The van der Waals surface area contributed by atoms with E-state index in [-0.39, 0.29) is 24.0 Å². The van der Waals surface area contributed by atoms with Crippen LogP contribution in [-0.4, -0.2) is 24.3 Å². The zero-order chi connectivity index (χ0) is 15.9. The average molecular weight is 297 g/mol. The van der Waals surface area contributed by atoms with Gasteiger partial charge < -0.3 is 15.8 Å². The number of esters is 1. The smallest absolute Gasteiger partial charge is 0.330 e. The van der Waals surface area contributed by atoms with Crippen molar-refractivity contribution in [2.45, 2.75) is 0 Å². The topological polar surface area (TPSA) is 105 Å². The van der Waals surface area contributed by atoms with Crippen molar-refractivity contribution in [3.8, 4) is 5.75 Å². The molecule has 2 aromatic carbocycles. The van der Waals surface area contributed by atoms with Crippen molar-refractivity contribution in [3.63, 3.8) is 0 Å². The Bertz CT molecular complexity index is 699. The molecule has 0 aromatic heterocycles. The van der Waals surface area contributed by atoms with Gasteiger partial charge in [-0.3, -0.25) is 10.2 Å². The van der Waals surface area contributed by atoms with Gasteiger partial charge >= 0.3 is 5.97 Å². The van der Waals surface area contributed by atoms with Crippen LogP contribution in [0.5, 0.6) is 5.75 Å². The van der Waals surface area contributed by atoms with Gasteiger partial charge in [0.25, 0.3) is 0 Å². The highest BCUT2D eigenvalue weighted by Gasteiger charge is 2.11. The number of rotatable bonds is 5. The normalized spacial score (nSPS) is 9.82. The van der Waals surface area contributed by atoms with Gasteiger partial charge in [0.2, 0.25) is 0 Å². The molecule has 0 fully saturated rings. The monoisotopic (exact) mass is 297 g/mol. The molecular weight excluding hydrogens is 282 g/mol. The number of nitrogens with one attached hydrogen (secondary N) is 2. The lowest BCUT2D eigenvalue weighted by Crippen LogP contribution is -2.36. The molecule has 0 aliphatic rings. The first-order valence-electron chi connectivity index (χ1n) is 6.54. The Morgan fingerprint density at radius 3 is 2.41 bits per heavy atom. The average Bonchev–Trinajstić information content (AvgIpc) is 2.53. The molecule has 0 aliphatic carbocycles. The van der Waals surface area contributed by atoms with Crippen LogP contribution in [-0.2, 0) is 4.79 Å². The van der Waals surface area contributed by atoms with Gasteiger partial charge in [-0.2, -0.15) is 0 Å². The number of ketones is 1. The lowest BCUT2D eigenvalue weighted by atomic mass is 10.0. The molecule has 2 rings (SSSR count). The first kappa shape index (κ1) is 15.2. The number of carbonyl (C=O) groups is 2.